The van der Waals surface area contributed by atoms with Crippen molar-refractivity contribution in [2.24, 2.45) is 4.99 Å². The third-order valence-electron chi connectivity index (χ3n) is 4.99. The minimum absolute atomic E-state index is 0.651. The van der Waals surface area contributed by atoms with Crippen LogP contribution in [0.2, 0.25) is 0 Å². The van der Waals surface area contributed by atoms with Gasteiger partial charge in [0.1, 0.15) is 0 Å². The average molecular weight is 448 g/mol. The summed E-state index contributed by atoms with van der Waals surface area (Å²) >= 11 is 3.60. The van der Waals surface area contributed by atoms with E-state index < -0.39 is 0 Å². The van der Waals surface area contributed by atoms with Gasteiger partial charge in [0.15, 0.2) is 5.82 Å². The maximum Gasteiger partial charge on any atom is 0.166 e. The smallest absolute Gasteiger partial charge is 0.166 e. The van der Waals surface area contributed by atoms with Crippen LogP contribution in [-0.2, 0) is 11.4 Å². The van der Waals surface area contributed by atoms with Gasteiger partial charge in [-0.05, 0) is 59.9 Å². The van der Waals surface area contributed by atoms with Gasteiger partial charge in [0.2, 0.25) is 0 Å². The van der Waals surface area contributed by atoms with Gasteiger partial charge in [-0.25, -0.2) is 9.67 Å². The molecule has 0 spiro atoms. The summed E-state index contributed by atoms with van der Waals surface area (Å²) in [5.41, 5.74) is 3.52. The van der Waals surface area contributed by atoms with Gasteiger partial charge in [-0.2, -0.15) is 5.10 Å². The summed E-state index contributed by atoms with van der Waals surface area (Å²) in [6.07, 6.45) is 3.80. The molecule has 0 amide bonds. The van der Waals surface area contributed by atoms with Crippen LogP contribution < -0.4 is 5.32 Å². The number of nitrogens with zero attached hydrogens (tertiary/aromatic N) is 4. The number of morpholine rings is 1. The number of rotatable bonds is 9. The van der Waals surface area contributed by atoms with E-state index in [4.69, 9.17) is 9.73 Å². The Bertz CT molecular complexity index is 783. The Morgan fingerprint density at radius 3 is 2.82 bits per heavy atom. The van der Waals surface area contributed by atoms with Crippen molar-refractivity contribution in [2.75, 3.05) is 39.4 Å². The molecular weight excluding hydrogens is 418 g/mol. The highest BCUT2D eigenvalue weighted by atomic mass is 79.9. The molecule has 0 bridgehead atoms. The molecule has 1 aromatic carbocycles. The van der Waals surface area contributed by atoms with Gasteiger partial charge in [-0.1, -0.05) is 31.2 Å². The molecule has 3 rings (SSSR count). The van der Waals surface area contributed by atoms with Crippen LogP contribution in [0.5, 0.6) is 0 Å². The minimum Gasteiger partial charge on any atom is -0.379 e. The maximum absolute atomic E-state index is 5.39. The molecule has 2 aromatic rings. The maximum atomic E-state index is 5.39. The molecule has 2 heterocycles. The summed E-state index contributed by atoms with van der Waals surface area (Å²) in [6.45, 7) is 10.8. The third-order valence-corrected chi connectivity index (χ3v) is 5.55. The monoisotopic (exact) mass is 447 g/mol. The summed E-state index contributed by atoms with van der Waals surface area (Å²) in [5.74, 6) is 0.862. The molecule has 1 aromatic heterocycles. The van der Waals surface area contributed by atoms with Crippen LogP contribution in [0, 0.1) is 6.92 Å². The number of hydrogen-bond donors (Lipinski definition) is 1. The molecule has 0 unspecified atom stereocenters. The van der Waals surface area contributed by atoms with E-state index in [1.807, 2.05) is 10.9 Å². The van der Waals surface area contributed by atoms with Crippen LogP contribution in [0.15, 0.2) is 39.9 Å². The number of aliphatic imine (C=N–C) groups is 1. The van der Waals surface area contributed by atoms with Crippen molar-refractivity contribution in [2.45, 2.75) is 33.4 Å². The molecule has 1 aliphatic heterocycles. The number of halogens is 1. The summed E-state index contributed by atoms with van der Waals surface area (Å²) in [7, 11) is 0. The lowest BCUT2D eigenvalue weighted by atomic mass is 10.0. The number of nitrogens with one attached hydrogen (secondary N) is 1. The van der Waals surface area contributed by atoms with Crippen molar-refractivity contribution in [3.63, 3.8) is 0 Å². The first-order valence-electron chi connectivity index (χ1n) is 10.0. The van der Waals surface area contributed by atoms with E-state index in [0.717, 1.165) is 68.2 Å². The molecule has 0 saturated carbocycles. The lowest BCUT2D eigenvalue weighted by Gasteiger charge is -2.26. The van der Waals surface area contributed by atoms with Gasteiger partial charge in [0.25, 0.3) is 0 Å². The van der Waals surface area contributed by atoms with Crippen molar-refractivity contribution in [1.82, 2.24) is 20.0 Å². The lowest BCUT2D eigenvalue weighted by molar-refractivity contribution is 0.0374. The Balaban J connectivity index is 1.59. The Hall–Kier alpha value is -1.54. The van der Waals surface area contributed by atoms with Crippen LogP contribution in [0.3, 0.4) is 0 Å². The fourth-order valence-electron chi connectivity index (χ4n) is 3.37. The SMILES string of the molecule is CC/C(=N\c1c(Br)cnn1CNCCCN1CCOCC1)c1ccccc1C. The van der Waals surface area contributed by atoms with E-state index in [1.165, 1.54) is 11.1 Å². The van der Waals surface area contributed by atoms with Crippen LogP contribution in [0.4, 0.5) is 5.82 Å². The zero-order valence-electron chi connectivity index (χ0n) is 16.8. The molecule has 0 atom stereocenters. The van der Waals surface area contributed by atoms with Gasteiger partial charge in [-0.15, -0.1) is 0 Å². The highest BCUT2D eigenvalue weighted by molar-refractivity contribution is 9.10. The highest BCUT2D eigenvalue weighted by Gasteiger charge is 2.12. The zero-order chi connectivity index (χ0) is 19.8. The highest BCUT2D eigenvalue weighted by Crippen LogP contribution is 2.26. The van der Waals surface area contributed by atoms with Crippen LogP contribution in [0.25, 0.3) is 0 Å². The molecule has 0 aliphatic carbocycles. The summed E-state index contributed by atoms with van der Waals surface area (Å²) < 4.78 is 8.24. The Morgan fingerprint density at radius 1 is 1.29 bits per heavy atom. The second-order valence-corrected chi connectivity index (χ2v) is 7.86. The van der Waals surface area contributed by atoms with E-state index in [1.54, 1.807) is 0 Å². The van der Waals surface area contributed by atoms with Crippen LogP contribution >= 0.6 is 15.9 Å². The van der Waals surface area contributed by atoms with Crippen molar-refractivity contribution in [3.05, 3.63) is 46.1 Å². The van der Waals surface area contributed by atoms with Crippen molar-refractivity contribution in [3.8, 4) is 0 Å². The molecule has 1 N–H and O–H groups in total. The molecule has 152 valence electrons. The Kier molecular flexibility index (Phi) is 8.21. The predicted octanol–water partition coefficient (Wildman–Crippen LogP) is 3.75. The normalized spacial score (nSPS) is 15.9. The van der Waals surface area contributed by atoms with E-state index in [-0.39, 0.29) is 0 Å². The lowest BCUT2D eigenvalue weighted by Crippen LogP contribution is -2.37. The number of aryl methyl sites for hydroxylation is 1. The largest absolute Gasteiger partial charge is 0.379 e. The van der Waals surface area contributed by atoms with Gasteiger partial charge >= 0.3 is 0 Å². The first-order valence-corrected chi connectivity index (χ1v) is 10.8. The molecular formula is C21H30BrN5O. The molecule has 1 fully saturated rings. The Labute approximate surface area is 176 Å². The standard InChI is InChI=1S/C21H30BrN5O/c1-3-20(18-8-5-4-7-17(18)2)25-21-19(22)15-24-27(21)16-23-9-6-10-26-11-13-28-14-12-26/h4-5,7-8,15,23H,3,6,9-14,16H2,1-2H3/b25-20+. The molecule has 28 heavy (non-hydrogen) atoms. The molecule has 7 heteroatoms. The first-order chi connectivity index (χ1) is 13.7. The third kappa shape index (κ3) is 5.73. The van der Waals surface area contributed by atoms with E-state index in [0.29, 0.717) is 6.67 Å². The van der Waals surface area contributed by atoms with Gasteiger partial charge < -0.3 is 4.74 Å². The van der Waals surface area contributed by atoms with E-state index >= 15 is 0 Å². The number of hydrogen-bond acceptors (Lipinski definition) is 5. The Morgan fingerprint density at radius 2 is 2.07 bits per heavy atom. The van der Waals surface area contributed by atoms with Crippen LogP contribution in [-0.4, -0.2) is 59.8 Å². The van der Waals surface area contributed by atoms with Crippen LogP contribution in [0.1, 0.15) is 30.9 Å². The molecule has 1 saturated heterocycles. The summed E-state index contributed by atoms with van der Waals surface area (Å²) in [5, 5.41) is 7.97. The quantitative estimate of drug-likeness (QED) is 0.469. The average Bonchev–Trinajstić information content (AvgIpc) is 3.06. The minimum atomic E-state index is 0.651. The van der Waals surface area contributed by atoms with Gasteiger partial charge in [0.05, 0.1) is 36.3 Å². The van der Waals surface area contributed by atoms with Crippen molar-refractivity contribution in [1.29, 1.82) is 0 Å². The number of ether oxygens (including phenoxy) is 1. The predicted molar refractivity (Wildman–Crippen MR) is 117 cm³/mol. The topological polar surface area (TPSA) is 54.7 Å². The molecule has 0 radical (unpaired) electrons. The van der Waals surface area contributed by atoms with E-state index in [9.17, 15) is 0 Å². The van der Waals surface area contributed by atoms with E-state index in [2.05, 4.69) is 69.4 Å². The number of benzene rings is 1. The fourth-order valence-corrected chi connectivity index (χ4v) is 3.76. The zero-order valence-corrected chi connectivity index (χ0v) is 18.4. The second kappa shape index (κ2) is 10.9. The van der Waals surface area contributed by atoms with Gasteiger partial charge in [0, 0.05) is 13.1 Å². The van der Waals surface area contributed by atoms with Crippen molar-refractivity contribution < 1.29 is 4.74 Å². The summed E-state index contributed by atoms with van der Waals surface area (Å²) in [6, 6.07) is 8.39. The molecule has 6 nitrogen and oxygen atoms in total. The van der Waals surface area contributed by atoms with Gasteiger partial charge in [-0.3, -0.25) is 10.2 Å². The second-order valence-electron chi connectivity index (χ2n) is 7.01. The fraction of sp³-hybridized carbons (Fsp3) is 0.524. The van der Waals surface area contributed by atoms with Crippen molar-refractivity contribution >= 4 is 27.5 Å². The molecule has 1 aliphatic rings. The first kappa shape index (κ1) is 21.2. The number of aromatic nitrogens is 2. The summed E-state index contributed by atoms with van der Waals surface area (Å²) in [4.78, 5) is 7.41.